The molecule has 0 radical (unpaired) electrons. The fourth-order valence-electron chi connectivity index (χ4n) is 7.01. The Labute approximate surface area is 422 Å². The summed E-state index contributed by atoms with van der Waals surface area (Å²) in [5, 5.41) is 53.9. The Bertz CT molecular complexity index is 2110. The number of azo groups is 1. The van der Waals surface area contributed by atoms with E-state index < -0.39 is 84.8 Å². The van der Waals surface area contributed by atoms with Gasteiger partial charge in [0.2, 0.25) is 35.4 Å². The van der Waals surface area contributed by atoms with Crippen LogP contribution in [0.4, 0.5) is 22.7 Å². The smallest absolute Gasteiger partial charge is 0.322 e. The predicted octanol–water partition coefficient (Wildman–Crippen LogP) is -1.38. The third-order valence-corrected chi connectivity index (χ3v) is 13.2. The molecule has 392 valence electrons. The van der Waals surface area contributed by atoms with Gasteiger partial charge in [-0.3, -0.25) is 47.9 Å². The molecule has 12 N–H and O–H groups in total. The van der Waals surface area contributed by atoms with Crippen molar-refractivity contribution >= 4 is 106 Å². The highest BCUT2D eigenvalue weighted by atomic mass is 32.2. The van der Waals surface area contributed by atoms with Crippen LogP contribution in [0.2, 0.25) is 0 Å². The maximum absolute atomic E-state index is 13.1. The third kappa shape index (κ3) is 20.0. The fraction of sp³-hybridized carbons (Fsp3) is 0.500. The molecule has 28 heteroatoms. The lowest BCUT2D eigenvalue weighted by molar-refractivity contribution is -0.140. The Morgan fingerprint density at radius 3 is 1.17 bits per heavy atom. The second-order valence-electron chi connectivity index (χ2n) is 16.4. The SMILES string of the molecule is N[C@@H](CCC(=O)N[C@@H](CSCC(=O)N1CCN(c2ccc(N=Nc3ccc(N4CCN(C(=O)CSC[C@H](NC(=O)CC[C@H](N)C(=O)O)C(=O)NCC(=O)O)CC4)cc3)cc2)CC1)C(=O)NCC(=O)O)C(=O)O. The topological polar surface area (TPSA) is 389 Å². The number of thioether (sulfide) groups is 2. The summed E-state index contributed by atoms with van der Waals surface area (Å²) in [4.78, 5) is 128. The zero-order valence-corrected chi connectivity index (χ0v) is 40.8. The number of nitrogens with one attached hydrogen (secondary N) is 4. The molecular formula is C44H60N12O14S2. The van der Waals surface area contributed by atoms with Crippen molar-refractivity contribution in [2.45, 2.75) is 49.9 Å². The molecule has 0 saturated carbocycles. The molecule has 2 aliphatic heterocycles. The standard InChI is InChI=1S/C44H60N12O14S2/c45-31(43(67)68)9-11-35(57)49-33(41(65)47-21-39(61)62)23-71-25-37(59)55-17-13-53(14-18-55)29-5-1-27(2-6-29)51-52-28-3-7-30(8-4-28)54-15-19-56(20-16-54)38(60)26-72-24-34(42(66)48-22-40(63)64)50-36(58)12-10-32(46)44(69)70/h1-8,31-34H,9-26,45-46H2,(H,47,65)(H,48,66)(H,49,57)(H,50,58)(H,61,62)(H,63,64)(H,67,68)(H,69,70)/t31-,32-,33-,34-/m0/s1. The number of nitrogens with zero attached hydrogens (tertiary/aromatic N) is 6. The summed E-state index contributed by atoms with van der Waals surface area (Å²) in [6.45, 7) is 2.66. The van der Waals surface area contributed by atoms with Gasteiger partial charge in [-0.2, -0.15) is 10.2 Å². The van der Waals surface area contributed by atoms with Crippen molar-refractivity contribution in [3.63, 3.8) is 0 Å². The quantitative estimate of drug-likeness (QED) is 0.0439. The van der Waals surface area contributed by atoms with E-state index in [1.54, 1.807) is 9.80 Å². The third-order valence-electron chi connectivity index (χ3n) is 11.1. The Hall–Kier alpha value is -7.04. The molecule has 0 aromatic heterocycles. The van der Waals surface area contributed by atoms with Crippen LogP contribution < -0.4 is 42.5 Å². The van der Waals surface area contributed by atoms with Gasteiger partial charge in [0.05, 0.1) is 22.9 Å². The Kier molecular flexibility index (Phi) is 23.4. The lowest BCUT2D eigenvalue weighted by Gasteiger charge is -2.36. The number of carbonyl (C=O) groups is 10. The Morgan fingerprint density at radius 1 is 0.528 bits per heavy atom. The van der Waals surface area contributed by atoms with Gasteiger partial charge >= 0.3 is 23.9 Å². The molecule has 2 fully saturated rings. The minimum Gasteiger partial charge on any atom is -0.480 e. The van der Waals surface area contributed by atoms with Gasteiger partial charge in [0, 0.05) is 88.1 Å². The first-order valence-electron chi connectivity index (χ1n) is 22.7. The van der Waals surface area contributed by atoms with Gasteiger partial charge in [0.25, 0.3) is 0 Å². The maximum Gasteiger partial charge on any atom is 0.322 e. The molecule has 2 aromatic carbocycles. The molecule has 72 heavy (non-hydrogen) atoms. The van der Waals surface area contributed by atoms with Crippen LogP contribution in [0.25, 0.3) is 0 Å². The van der Waals surface area contributed by atoms with E-state index in [1.807, 2.05) is 48.5 Å². The number of hydrogen-bond acceptors (Lipinski definition) is 18. The van der Waals surface area contributed by atoms with Gasteiger partial charge < -0.3 is 72.8 Å². The summed E-state index contributed by atoms with van der Waals surface area (Å²) in [5.74, 6) is -8.32. The Balaban J connectivity index is 1.17. The summed E-state index contributed by atoms with van der Waals surface area (Å²) in [6, 6.07) is 10.1. The summed E-state index contributed by atoms with van der Waals surface area (Å²) >= 11 is 2.19. The van der Waals surface area contributed by atoms with E-state index in [1.165, 1.54) is 0 Å². The first-order valence-corrected chi connectivity index (χ1v) is 25.0. The van der Waals surface area contributed by atoms with E-state index in [2.05, 4.69) is 41.3 Å². The molecule has 0 aliphatic carbocycles. The molecular weight excluding hydrogens is 985 g/mol. The monoisotopic (exact) mass is 1040 g/mol. The molecule has 0 bridgehead atoms. The number of nitrogens with two attached hydrogens (primary N) is 2. The zero-order chi connectivity index (χ0) is 52.7. The number of rotatable bonds is 28. The van der Waals surface area contributed by atoms with Gasteiger partial charge in [-0.25, -0.2) is 0 Å². The number of benzene rings is 2. The summed E-state index contributed by atoms with van der Waals surface area (Å²) in [6.07, 6.45) is -0.874. The summed E-state index contributed by atoms with van der Waals surface area (Å²) < 4.78 is 0. The normalized spacial score (nSPS) is 15.4. The van der Waals surface area contributed by atoms with Gasteiger partial charge in [-0.15, -0.1) is 23.5 Å². The Morgan fingerprint density at radius 2 is 0.861 bits per heavy atom. The van der Waals surface area contributed by atoms with E-state index in [9.17, 15) is 47.9 Å². The van der Waals surface area contributed by atoms with Crippen LogP contribution in [0.5, 0.6) is 0 Å². The maximum atomic E-state index is 13.1. The number of carboxylic acid groups (broad SMARTS) is 4. The number of hydrogen-bond donors (Lipinski definition) is 10. The van der Waals surface area contributed by atoms with Gasteiger partial charge in [0.15, 0.2) is 0 Å². The van der Waals surface area contributed by atoms with E-state index >= 15 is 0 Å². The zero-order valence-electron chi connectivity index (χ0n) is 39.2. The number of piperazine rings is 2. The highest BCUT2D eigenvalue weighted by molar-refractivity contribution is 8.00. The van der Waals surface area contributed by atoms with Gasteiger partial charge in [-0.05, 0) is 61.4 Å². The van der Waals surface area contributed by atoms with E-state index in [4.69, 9.17) is 31.9 Å². The van der Waals surface area contributed by atoms with Crippen molar-refractivity contribution < 1.29 is 68.4 Å². The van der Waals surface area contributed by atoms with E-state index in [0.717, 1.165) is 34.9 Å². The molecule has 0 unspecified atom stereocenters. The van der Waals surface area contributed by atoms with Crippen LogP contribution in [0.15, 0.2) is 58.8 Å². The molecule has 0 spiro atoms. The molecule has 26 nitrogen and oxygen atoms in total. The molecule has 6 amide bonds. The van der Waals surface area contributed by atoms with Crippen molar-refractivity contribution in [1.82, 2.24) is 31.1 Å². The first kappa shape index (κ1) is 57.5. The molecule has 2 aliphatic rings. The number of aliphatic carboxylic acids is 4. The number of carboxylic acids is 4. The molecule has 4 rings (SSSR count). The first-order chi connectivity index (χ1) is 34.3. The van der Waals surface area contributed by atoms with Crippen LogP contribution in [0, 0.1) is 0 Å². The fourth-order valence-corrected chi connectivity index (χ4v) is 8.90. The molecule has 4 atom stereocenters. The molecule has 2 saturated heterocycles. The minimum atomic E-state index is -1.28. The lowest BCUT2D eigenvalue weighted by Crippen LogP contribution is -2.50. The second kappa shape index (κ2) is 29.3. The van der Waals surface area contributed by atoms with Crippen molar-refractivity contribution in [3.8, 4) is 0 Å². The minimum absolute atomic E-state index is 0.00378. The van der Waals surface area contributed by atoms with Crippen LogP contribution in [0.3, 0.4) is 0 Å². The number of anilines is 2. The van der Waals surface area contributed by atoms with Crippen LogP contribution in [-0.2, 0) is 47.9 Å². The largest absolute Gasteiger partial charge is 0.480 e. The van der Waals surface area contributed by atoms with Crippen LogP contribution >= 0.6 is 23.5 Å². The number of carbonyl (C=O) groups excluding carboxylic acids is 6. The molecule has 2 aromatic rings. The van der Waals surface area contributed by atoms with Crippen molar-refractivity contribution in [2.24, 2.45) is 21.7 Å². The van der Waals surface area contributed by atoms with Crippen molar-refractivity contribution in [3.05, 3.63) is 48.5 Å². The van der Waals surface area contributed by atoms with E-state index in [-0.39, 0.29) is 60.5 Å². The number of amides is 6. The predicted molar refractivity (Wildman–Crippen MR) is 264 cm³/mol. The second-order valence-corrected chi connectivity index (χ2v) is 18.5. The summed E-state index contributed by atoms with van der Waals surface area (Å²) in [7, 11) is 0. The van der Waals surface area contributed by atoms with E-state index in [0.29, 0.717) is 63.7 Å². The van der Waals surface area contributed by atoms with Crippen LogP contribution in [0.1, 0.15) is 25.7 Å². The average Bonchev–Trinajstić information content (AvgIpc) is 3.36. The summed E-state index contributed by atoms with van der Waals surface area (Å²) in [5.41, 5.74) is 14.0. The lowest BCUT2D eigenvalue weighted by atomic mass is 10.1. The van der Waals surface area contributed by atoms with Crippen molar-refractivity contribution in [1.29, 1.82) is 0 Å². The highest BCUT2D eigenvalue weighted by Gasteiger charge is 2.27. The highest BCUT2D eigenvalue weighted by Crippen LogP contribution is 2.26. The van der Waals surface area contributed by atoms with Gasteiger partial charge in [0.1, 0.15) is 37.3 Å². The van der Waals surface area contributed by atoms with Gasteiger partial charge in [-0.1, -0.05) is 0 Å². The van der Waals surface area contributed by atoms with Crippen LogP contribution in [-0.4, -0.2) is 202 Å². The average molecular weight is 1050 g/mol. The van der Waals surface area contributed by atoms with Crippen molar-refractivity contribution in [2.75, 3.05) is 98.3 Å². The molecule has 2 heterocycles.